The van der Waals surface area contributed by atoms with Gasteiger partial charge in [-0.05, 0) is 127 Å². The van der Waals surface area contributed by atoms with E-state index in [1.807, 2.05) is 0 Å². The maximum Gasteiger partial charge on any atom is -0.0146 e. The van der Waals surface area contributed by atoms with Crippen LogP contribution < -0.4 is 0 Å². The minimum atomic E-state index is 1.25. The Bertz CT molecular complexity index is 2020. The second kappa shape index (κ2) is 28.9. The van der Waals surface area contributed by atoms with Crippen LogP contribution in [-0.2, 0) is 0 Å². The highest BCUT2D eigenvalue weighted by molar-refractivity contribution is 5.78. The summed E-state index contributed by atoms with van der Waals surface area (Å²) in [5.41, 5.74) is 19.7. The molecule has 0 bridgehead atoms. The molecule has 0 heterocycles. The first-order chi connectivity index (χ1) is 28.9. The van der Waals surface area contributed by atoms with E-state index < -0.39 is 0 Å². The lowest BCUT2D eigenvalue weighted by molar-refractivity contribution is 0.772. The molecule has 0 nitrogen and oxygen atoms in total. The van der Waals surface area contributed by atoms with Crippen molar-refractivity contribution in [3.63, 3.8) is 0 Å². The lowest BCUT2D eigenvalue weighted by Gasteiger charge is -2.12. The van der Waals surface area contributed by atoms with Gasteiger partial charge in [0.2, 0.25) is 0 Å². The molecule has 7 rings (SSSR count). The van der Waals surface area contributed by atoms with Crippen LogP contribution in [0, 0.1) is 48.5 Å². The molecule has 60 heavy (non-hydrogen) atoms. The predicted octanol–water partition coefficient (Wildman–Crippen LogP) is 18.9. The Balaban J connectivity index is 0.000000289. The average Bonchev–Trinajstić information content (AvgIpc) is 3.24. The van der Waals surface area contributed by atoms with Gasteiger partial charge in [0.1, 0.15) is 0 Å². The molecule has 0 aliphatic rings. The Labute approximate surface area is 367 Å². The molecule has 0 saturated heterocycles. The van der Waals surface area contributed by atoms with Crippen LogP contribution in [0.4, 0.5) is 0 Å². The zero-order valence-electron chi connectivity index (χ0n) is 39.6. The summed E-state index contributed by atoms with van der Waals surface area (Å²) in [5.74, 6) is 0. The van der Waals surface area contributed by atoms with Gasteiger partial charge in [0.05, 0.1) is 0 Å². The Kier molecular flexibility index (Phi) is 24.4. The molecule has 0 aliphatic heterocycles. The highest BCUT2D eigenvalue weighted by atomic mass is 14.1. The Hall–Kier alpha value is -5.46. The van der Waals surface area contributed by atoms with E-state index in [0.29, 0.717) is 0 Å². The Morgan fingerprint density at radius 2 is 0.550 bits per heavy atom. The fourth-order valence-corrected chi connectivity index (χ4v) is 6.75. The van der Waals surface area contributed by atoms with Crippen LogP contribution >= 0.6 is 0 Å². The second-order valence-electron chi connectivity index (χ2n) is 15.9. The van der Waals surface area contributed by atoms with Gasteiger partial charge in [0.15, 0.2) is 0 Å². The normalized spacial score (nSPS) is 9.75. The van der Waals surface area contributed by atoms with Crippen molar-refractivity contribution in [2.24, 2.45) is 0 Å². The number of hydrogen-bond acceptors (Lipinski definition) is 0. The number of rotatable bonds is 6. The van der Waals surface area contributed by atoms with Gasteiger partial charge in [-0.2, -0.15) is 0 Å². The molecule has 0 aromatic heterocycles. The summed E-state index contributed by atoms with van der Waals surface area (Å²) >= 11 is 0. The van der Waals surface area contributed by atoms with Crippen molar-refractivity contribution in [3.05, 3.63) is 203 Å². The molecule has 0 amide bonds. The summed E-state index contributed by atoms with van der Waals surface area (Å²) < 4.78 is 0. The van der Waals surface area contributed by atoms with Crippen LogP contribution in [0.2, 0.25) is 0 Å². The van der Waals surface area contributed by atoms with Crippen LogP contribution in [0.3, 0.4) is 0 Å². The highest BCUT2D eigenvalue weighted by Gasteiger charge is 2.08. The van der Waals surface area contributed by atoms with E-state index in [9.17, 15) is 0 Å². The first-order valence-electron chi connectivity index (χ1n) is 22.4. The standard InChI is InChI=1S/2C20H18.C9H12.C5H12.2C3H8/c2*1-15-8-6-7-11-19(15)20-14-18(13-12-16(20)2)17-9-4-3-5-10-17;1-7-4-8(2)6-9(3)5-7;1-3-5-4-2;2*1-3-2/h2*3-14H,1-2H3;4-6H,1-3H3;3-5H2,1-2H3;2*3H2,1-2H3. The molecule has 316 valence electrons. The van der Waals surface area contributed by atoms with E-state index in [2.05, 4.69) is 254 Å². The third kappa shape index (κ3) is 17.8. The third-order valence-electron chi connectivity index (χ3n) is 9.63. The molecule has 0 aliphatic carbocycles. The van der Waals surface area contributed by atoms with Crippen molar-refractivity contribution in [2.75, 3.05) is 0 Å². The molecule has 0 spiro atoms. The average molecular weight is 797 g/mol. The molecule has 7 aromatic carbocycles. The summed E-state index contributed by atoms with van der Waals surface area (Å²) in [7, 11) is 0. The molecule has 0 radical (unpaired) electrons. The van der Waals surface area contributed by atoms with Crippen LogP contribution in [0.5, 0.6) is 0 Å². The summed E-state index contributed by atoms with van der Waals surface area (Å²) in [6.07, 6.45) is 6.58. The monoisotopic (exact) mass is 797 g/mol. The van der Waals surface area contributed by atoms with Crippen LogP contribution in [0.1, 0.15) is 113 Å². The minimum absolute atomic E-state index is 1.25. The second-order valence-corrected chi connectivity index (χ2v) is 15.9. The molecule has 7 aromatic rings. The first kappa shape index (κ1) is 50.7. The van der Waals surface area contributed by atoms with E-state index >= 15 is 0 Å². The molecule has 0 fully saturated rings. The van der Waals surface area contributed by atoms with Crippen LogP contribution in [-0.4, -0.2) is 0 Å². The van der Waals surface area contributed by atoms with E-state index in [1.54, 1.807) is 0 Å². The van der Waals surface area contributed by atoms with E-state index in [-0.39, 0.29) is 0 Å². The fraction of sp³-hybridized carbons (Fsp3) is 0.300. The van der Waals surface area contributed by atoms with E-state index in [0.717, 1.165) is 0 Å². The molecule has 0 heteroatoms. The number of benzene rings is 7. The summed E-state index contributed by atoms with van der Waals surface area (Å²) in [6.45, 7) is 28.0. The lowest BCUT2D eigenvalue weighted by atomic mass is 9.93. The van der Waals surface area contributed by atoms with Gasteiger partial charge in [-0.3, -0.25) is 0 Å². The van der Waals surface area contributed by atoms with E-state index in [4.69, 9.17) is 0 Å². The van der Waals surface area contributed by atoms with Gasteiger partial charge in [0, 0.05) is 0 Å². The van der Waals surface area contributed by atoms with Crippen molar-refractivity contribution in [1.29, 1.82) is 0 Å². The maximum absolute atomic E-state index is 2.30. The van der Waals surface area contributed by atoms with Gasteiger partial charge in [-0.1, -0.05) is 242 Å². The van der Waals surface area contributed by atoms with Crippen molar-refractivity contribution < 1.29 is 0 Å². The lowest BCUT2D eigenvalue weighted by Crippen LogP contribution is -1.88. The van der Waals surface area contributed by atoms with Gasteiger partial charge in [-0.25, -0.2) is 0 Å². The van der Waals surface area contributed by atoms with Crippen molar-refractivity contribution in [1.82, 2.24) is 0 Å². The largest absolute Gasteiger partial charge is 0.0656 e. The highest BCUT2D eigenvalue weighted by Crippen LogP contribution is 2.32. The zero-order chi connectivity index (χ0) is 44.3. The van der Waals surface area contributed by atoms with Crippen molar-refractivity contribution in [3.8, 4) is 44.5 Å². The molecule has 0 atom stereocenters. The van der Waals surface area contributed by atoms with Gasteiger partial charge in [-0.15, -0.1) is 0 Å². The number of unbranched alkanes of at least 4 members (excludes halogenated alkanes) is 2. The smallest absolute Gasteiger partial charge is 0.0146 e. The number of aryl methyl sites for hydroxylation is 7. The molecular formula is C60H76. The maximum atomic E-state index is 2.30. The van der Waals surface area contributed by atoms with E-state index in [1.165, 1.54) is 116 Å². The van der Waals surface area contributed by atoms with Gasteiger partial charge < -0.3 is 0 Å². The fourth-order valence-electron chi connectivity index (χ4n) is 6.75. The number of hydrogen-bond donors (Lipinski definition) is 0. The topological polar surface area (TPSA) is 0 Å². The predicted molar refractivity (Wildman–Crippen MR) is 271 cm³/mol. The Morgan fingerprint density at radius 1 is 0.267 bits per heavy atom. The quantitative estimate of drug-likeness (QED) is 0.157. The molecule has 0 N–H and O–H groups in total. The zero-order valence-corrected chi connectivity index (χ0v) is 39.6. The summed E-state index contributed by atoms with van der Waals surface area (Å²) in [5, 5.41) is 0. The van der Waals surface area contributed by atoms with Crippen LogP contribution in [0.15, 0.2) is 164 Å². The molecule has 0 unspecified atom stereocenters. The SMILES string of the molecule is CCC.CCC.CCCCC.Cc1cc(C)cc(C)c1.Cc1ccccc1-c1cc(-c2ccccc2)ccc1C.Cc1ccccc1-c1cc(-c2ccccc2)ccc1C. The van der Waals surface area contributed by atoms with Crippen LogP contribution in [0.25, 0.3) is 44.5 Å². The minimum Gasteiger partial charge on any atom is -0.0656 e. The third-order valence-corrected chi connectivity index (χ3v) is 9.63. The molecular weight excluding hydrogens is 721 g/mol. The van der Waals surface area contributed by atoms with Gasteiger partial charge >= 0.3 is 0 Å². The first-order valence-corrected chi connectivity index (χ1v) is 22.4. The summed E-state index contributed by atoms with van der Waals surface area (Å²) in [4.78, 5) is 0. The summed E-state index contributed by atoms with van der Waals surface area (Å²) in [6, 6.07) is 58.2. The van der Waals surface area contributed by atoms with Gasteiger partial charge in [0.25, 0.3) is 0 Å². The van der Waals surface area contributed by atoms with Crippen molar-refractivity contribution >= 4 is 0 Å². The molecule has 0 saturated carbocycles. The Morgan fingerprint density at radius 3 is 0.833 bits per heavy atom. The van der Waals surface area contributed by atoms with Crippen molar-refractivity contribution in [2.45, 2.75) is 122 Å².